The molecule has 0 radical (unpaired) electrons. The Kier molecular flexibility index (Phi) is 2.78. The molecule has 88 valence electrons. The van der Waals surface area contributed by atoms with Gasteiger partial charge in [-0.25, -0.2) is 9.59 Å². The Morgan fingerprint density at radius 2 is 1.94 bits per heavy atom. The van der Waals surface area contributed by atoms with E-state index in [2.05, 4.69) is 14.7 Å². The number of carbonyl (C=O) groups is 2. The predicted molar refractivity (Wildman–Crippen MR) is 59.9 cm³/mol. The van der Waals surface area contributed by atoms with Gasteiger partial charge in [0.05, 0.1) is 17.6 Å². The van der Waals surface area contributed by atoms with Gasteiger partial charge in [0.15, 0.2) is 0 Å². The third-order valence-corrected chi connectivity index (χ3v) is 2.24. The summed E-state index contributed by atoms with van der Waals surface area (Å²) in [4.78, 5) is 38.9. The van der Waals surface area contributed by atoms with Crippen LogP contribution in [0.15, 0.2) is 23.0 Å². The van der Waals surface area contributed by atoms with E-state index in [1.165, 1.54) is 12.1 Å². The standard InChI is InChI=1S/C11H10N2O4/c1-2-17-10(15)9(14)6-3-4-7-8(5-6)13-11(16)12-7/h3-5H,2H2,1H3,(H2,12,13,16). The molecule has 0 amide bonds. The fourth-order valence-electron chi connectivity index (χ4n) is 1.49. The van der Waals surface area contributed by atoms with Crippen LogP contribution in [-0.2, 0) is 9.53 Å². The van der Waals surface area contributed by atoms with Crippen molar-refractivity contribution in [1.29, 1.82) is 0 Å². The lowest BCUT2D eigenvalue weighted by Gasteiger charge is -2.00. The number of nitrogens with one attached hydrogen (secondary N) is 2. The van der Waals surface area contributed by atoms with Crippen LogP contribution in [0.1, 0.15) is 17.3 Å². The zero-order valence-corrected chi connectivity index (χ0v) is 9.07. The second-order valence-electron chi connectivity index (χ2n) is 3.39. The number of fused-ring (bicyclic) bond motifs is 1. The Hall–Kier alpha value is -2.37. The van der Waals surface area contributed by atoms with Crippen molar-refractivity contribution in [3.8, 4) is 0 Å². The van der Waals surface area contributed by atoms with E-state index in [1.807, 2.05) is 0 Å². The Morgan fingerprint density at radius 1 is 1.24 bits per heavy atom. The van der Waals surface area contributed by atoms with Crippen LogP contribution in [-0.4, -0.2) is 28.3 Å². The van der Waals surface area contributed by atoms with E-state index in [4.69, 9.17) is 0 Å². The summed E-state index contributed by atoms with van der Waals surface area (Å²) < 4.78 is 4.61. The summed E-state index contributed by atoms with van der Waals surface area (Å²) in [5, 5.41) is 0. The SMILES string of the molecule is CCOC(=O)C(=O)c1ccc2[nH]c(=O)[nH]c2c1. The van der Waals surface area contributed by atoms with E-state index >= 15 is 0 Å². The molecular formula is C11H10N2O4. The van der Waals surface area contributed by atoms with Crippen LogP contribution in [0.25, 0.3) is 11.0 Å². The van der Waals surface area contributed by atoms with Crippen LogP contribution in [0.3, 0.4) is 0 Å². The van der Waals surface area contributed by atoms with Gasteiger partial charge in [-0.05, 0) is 25.1 Å². The summed E-state index contributed by atoms with van der Waals surface area (Å²) in [6.45, 7) is 1.77. The van der Waals surface area contributed by atoms with Gasteiger partial charge in [0.2, 0.25) is 0 Å². The number of hydrogen-bond acceptors (Lipinski definition) is 4. The van der Waals surface area contributed by atoms with Crippen LogP contribution in [0.5, 0.6) is 0 Å². The number of aromatic amines is 2. The number of aromatic nitrogens is 2. The van der Waals surface area contributed by atoms with E-state index in [-0.39, 0.29) is 17.9 Å². The minimum Gasteiger partial charge on any atom is -0.460 e. The van der Waals surface area contributed by atoms with E-state index in [9.17, 15) is 14.4 Å². The minimum absolute atomic E-state index is 0.147. The van der Waals surface area contributed by atoms with Crippen LogP contribution < -0.4 is 5.69 Å². The fraction of sp³-hybridized carbons (Fsp3) is 0.182. The van der Waals surface area contributed by atoms with Crippen LogP contribution in [0.2, 0.25) is 0 Å². The highest BCUT2D eigenvalue weighted by molar-refractivity contribution is 6.40. The van der Waals surface area contributed by atoms with Gasteiger partial charge in [0.25, 0.3) is 5.78 Å². The second kappa shape index (κ2) is 4.25. The van der Waals surface area contributed by atoms with Crippen molar-refractivity contribution in [2.75, 3.05) is 6.61 Å². The summed E-state index contributed by atoms with van der Waals surface area (Å²) in [6.07, 6.45) is 0. The smallest absolute Gasteiger partial charge is 0.379 e. The largest absolute Gasteiger partial charge is 0.460 e. The van der Waals surface area contributed by atoms with Crippen molar-refractivity contribution < 1.29 is 14.3 Å². The fourth-order valence-corrected chi connectivity index (χ4v) is 1.49. The first-order valence-electron chi connectivity index (χ1n) is 5.05. The van der Waals surface area contributed by atoms with E-state index in [0.717, 1.165) is 0 Å². The molecule has 0 spiro atoms. The molecule has 1 heterocycles. The topological polar surface area (TPSA) is 92.0 Å². The van der Waals surface area contributed by atoms with Crippen molar-refractivity contribution in [2.24, 2.45) is 0 Å². The molecule has 1 aromatic carbocycles. The molecule has 0 saturated carbocycles. The zero-order valence-electron chi connectivity index (χ0n) is 9.07. The summed E-state index contributed by atoms with van der Waals surface area (Å²) in [6, 6.07) is 4.46. The molecule has 0 aliphatic heterocycles. The maximum atomic E-state index is 11.6. The maximum Gasteiger partial charge on any atom is 0.379 e. The average Bonchev–Trinajstić information content (AvgIpc) is 2.67. The van der Waals surface area contributed by atoms with Crippen molar-refractivity contribution >= 4 is 22.8 Å². The van der Waals surface area contributed by atoms with Gasteiger partial charge in [-0.1, -0.05) is 0 Å². The number of H-pyrrole nitrogens is 2. The summed E-state index contributed by atoms with van der Waals surface area (Å²) in [5.41, 5.74) is 0.882. The highest BCUT2D eigenvalue weighted by atomic mass is 16.5. The number of ketones is 1. The molecule has 0 aliphatic carbocycles. The summed E-state index contributed by atoms with van der Waals surface area (Å²) in [5.74, 6) is -1.62. The van der Waals surface area contributed by atoms with Crippen molar-refractivity contribution in [2.45, 2.75) is 6.92 Å². The van der Waals surface area contributed by atoms with Gasteiger partial charge in [-0.15, -0.1) is 0 Å². The van der Waals surface area contributed by atoms with E-state index < -0.39 is 11.8 Å². The minimum atomic E-state index is -0.898. The molecule has 0 saturated heterocycles. The van der Waals surface area contributed by atoms with Gasteiger partial charge in [-0.2, -0.15) is 0 Å². The van der Waals surface area contributed by atoms with Gasteiger partial charge in [0, 0.05) is 5.56 Å². The molecule has 2 N–H and O–H groups in total. The molecule has 2 aromatic rings. The van der Waals surface area contributed by atoms with E-state index in [1.54, 1.807) is 13.0 Å². The molecule has 0 aliphatic rings. The number of hydrogen-bond donors (Lipinski definition) is 2. The molecule has 0 atom stereocenters. The zero-order chi connectivity index (χ0) is 12.4. The first-order chi connectivity index (χ1) is 8.11. The van der Waals surface area contributed by atoms with Crippen molar-refractivity contribution in [1.82, 2.24) is 9.97 Å². The lowest BCUT2D eigenvalue weighted by molar-refractivity contribution is -0.137. The Balaban J connectivity index is 2.39. The number of ether oxygens (including phenoxy) is 1. The van der Waals surface area contributed by atoms with Gasteiger partial charge in [0.1, 0.15) is 0 Å². The van der Waals surface area contributed by atoms with Gasteiger partial charge >= 0.3 is 11.7 Å². The third-order valence-electron chi connectivity index (χ3n) is 2.24. The van der Waals surface area contributed by atoms with Crippen molar-refractivity contribution in [3.05, 3.63) is 34.2 Å². The number of carbonyl (C=O) groups excluding carboxylic acids is 2. The summed E-state index contributed by atoms with van der Waals surface area (Å²) >= 11 is 0. The molecule has 6 nitrogen and oxygen atoms in total. The quantitative estimate of drug-likeness (QED) is 0.462. The van der Waals surface area contributed by atoms with Crippen LogP contribution in [0.4, 0.5) is 0 Å². The normalized spacial score (nSPS) is 10.4. The van der Waals surface area contributed by atoms with Gasteiger partial charge in [-0.3, -0.25) is 4.79 Å². The Bertz CT molecular complexity index is 638. The lowest BCUT2D eigenvalue weighted by Crippen LogP contribution is -2.17. The monoisotopic (exact) mass is 234 g/mol. The average molecular weight is 234 g/mol. The Labute approximate surface area is 95.6 Å². The molecule has 0 unspecified atom stereocenters. The highest BCUT2D eigenvalue weighted by Gasteiger charge is 2.17. The lowest BCUT2D eigenvalue weighted by atomic mass is 10.1. The molecular weight excluding hydrogens is 224 g/mol. The number of Topliss-reactive ketones (excluding diaryl/α,β-unsaturated/α-hetero) is 1. The molecule has 6 heteroatoms. The molecule has 0 fully saturated rings. The molecule has 1 aromatic heterocycles. The first-order valence-corrected chi connectivity index (χ1v) is 5.05. The number of imidazole rings is 1. The molecule has 0 bridgehead atoms. The van der Waals surface area contributed by atoms with Crippen molar-refractivity contribution in [3.63, 3.8) is 0 Å². The molecule has 17 heavy (non-hydrogen) atoms. The Morgan fingerprint density at radius 3 is 2.65 bits per heavy atom. The second-order valence-corrected chi connectivity index (χ2v) is 3.39. The predicted octanol–water partition coefficient (Wildman–Crippen LogP) is 0.602. The molecule has 2 rings (SSSR count). The highest BCUT2D eigenvalue weighted by Crippen LogP contribution is 2.11. The van der Waals surface area contributed by atoms with Crippen LogP contribution in [0, 0.1) is 0 Å². The number of benzene rings is 1. The van der Waals surface area contributed by atoms with Gasteiger partial charge < -0.3 is 14.7 Å². The van der Waals surface area contributed by atoms with E-state index in [0.29, 0.717) is 11.0 Å². The third kappa shape index (κ3) is 2.10. The van der Waals surface area contributed by atoms with Crippen LogP contribution >= 0.6 is 0 Å². The summed E-state index contributed by atoms with van der Waals surface area (Å²) in [7, 11) is 0. The number of esters is 1. The number of rotatable bonds is 3. The maximum absolute atomic E-state index is 11.6. The first kappa shape index (κ1) is 11.1.